The number of rotatable bonds is 4. The van der Waals surface area contributed by atoms with Crippen molar-refractivity contribution in [2.45, 2.75) is 39.3 Å². The molecule has 94 valence electrons. The first-order chi connectivity index (χ1) is 8.72. The fourth-order valence-electron chi connectivity index (χ4n) is 1.87. The van der Waals surface area contributed by atoms with Gasteiger partial charge in [0.25, 0.3) is 0 Å². The predicted molar refractivity (Wildman–Crippen MR) is 66.9 cm³/mol. The summed E-state index contributed by atoms with van der Waals surface area (Å²) in [7, 11) is 0. The summed E-state index contributed by atoms with van der Waals surface area (Å²) >= 11 is 0. The number of aryl methyl sites for hydroxylation is 2. The lowest BCUT2D eigenvalue weighted by Crippen LogP contribution is -2.15. The van der Waals surface area contributed by atoms with Gasteiger partial charge in [0.05, 0.1) is 17.8 Å². The smallest absolute Gasteiger partial charge is 0.249 e. The summed E-state index contributed by atoms with van der Waals surface area (Å²) in [6.07, 6.45) is 2.50. The van der Waals surface area contributed by atoms with Crippen molar-refractivity contribution in [3.8, 4) is 11.5 Å². The van der Waals surface area contributed by atoms with Crippen LogP contribution in [0.15, 0.2) is 16.5 Å². The maximum Gasteiger partial charge on any atom is 0.249 e. The Kier molecular flexibility index (Phi) is 2.83. The van der Waals surface area contributed by atoms with Crippen molar-refractivity contribution >= 4 is 0 Å². The molecule has 1 saturated carbocycles. The second kappa shape index (κ2) is 4.49. The molecular weight excluding hydrogens is 228 g/mol. The van der Waals surface area contributed by atoms with Crippen LogP contribution >= 0.6 is 0 Å². The molecule has 0 spiro atoms. The summed E-state index contributed by atoms with van der Waals surface area (Å²) in [6, 6.07) is 4.57. The molecule has 0 atom stereocenters. The highest BCUT2D eigenvalue weighted by atomic mass is 16.4. The third-order valence-corrected chi connectivity index (χ3v) is 3.04. The van der Waals surface area contributed by atoms with E-state index >= 15 is 0 Å². The van der Waals surface area contributed by atoms with Gasteiger partial charge in [-0.3, -0.25) is 4.98 Å². The van der Waals surface area contributed by atoms with Crippen molar-refractivity contribution in [2.24, 2.45) is 0 Å². The average molecular weight is 244 g/mol. The second-order valence-corrected chi connectivity index (χ2v) is 4.74. The fourth-order valence-corrected chi connectivity index (χ4v) is 1.87. The molecule has 1 aliphatic carbocycles. The van der Waals surface area contributed by atoms with Gasteiger partial charge in [0.15, 0.2) is 0 Å². The Hall–Kier alpha value is -1.75. The van der Waals surface area contributed by atoms with Crippen LogP contribution in [-0.2, 0) is 6.54 Å². The molecule has 5 nitrogen and oxygen atoms in total. The Morgan fingerprint density at radius 3 is 2.83 bits per heavy atom. The van der Waals surface area contributed by atoms with Gasteiger partial charge in [0, 0.05) is 11.7 Å². The lowest BCUT2D eigenvalue weighted by Gasteiger charge is -2.01. The van der Waals surface area contributed by atoms with Crippen LogP contribution in [0, 0.1) is 13.8 Å². The minimum absolute atomic E-state index is 0.549. The van der Waals surface area contributed by atoms with E-state index in [9.17, 15) is 0 Å². The number of nitrogens with zero attached hydrogens (tertiary/aromatic N) is 3. The maximum absolute atomic E-state index is 5.64. The van der Waals surface area contributed by atoms with E-state index in [0.29, 0.717) is 24.4 Å². The van der Waals surface area contributed by atoms with Gasteiger partial charge in [0.1, 0.15) is 0 Å². The highest BCUT2D eigenvalue weighted by Gasteiger charge is 2.21. The minimum Gasteiger partial charge on any atom is -0.419 e. The van der Waals surface area contributed by atoms with Gasteiger partial charge in [-0.25, -0.2) is 0 Å². The summed E-state index contributed by atoms with van der Waals surface area (Å²) < 4.78 is 5.64. The molecule has 1 aliphatic rings. The van der Waals surface area contributed by atoms with Crippen LogP contribution in [0.5, 0.6) is 0 Å². The van der Waals surface area contributed by atoms with Crippen molar-refractivity contribution in [1.82, 2.24) is 20.5 Å². The molecule has 18 heavy (non-hydrogen) atoms. The summed E-state index contributed by atoms with van der Waals surface area (Å²) in [4.78, 5) is 4.40. The lowest BCUT2D eigenvalue weighted by atomic mass is 10.2. The van der Waals surface area contributed by atoms with E-state index in [2.05, 4.69) is 20.5 Å². The molecular formula is C13H16N4O. The van der Waals surface area contributed by atoms with Crippen LogP contribution in [0.4, 0.5) is 0 Å². The maximum atomic E-state index is 5.64. The lowest BCUT2D eigenvalue weighted by molar-refractivity contribution is 0.476. The molecule has 2 aromatic heterocycles. The number of hydrogen-bond donors (Lipinski definition) is 1. The largest absolute Gasteiger partial charge is 0.419 e. The van der Waals surface area contributed by atoms with Gasteiger partial charge < -0.3 is 9.73 Å². The highest BCUT2D eigenvalue weighted by Crippen LogP contribution is 2.22. The molecule has 0 saturated heterocycles. The molecule has 3 rings (SSSR count). The third kappa shape index (κ3) is 2.41. The van der Waals surface area contributed by atoms with Gasteiger partial charge in [-0.1, -0.05) is 0 Å². The van der Waals surface area contributed by atoms with Crippen LogP contribution in [0.25, 0.3) is 11.5 Å². The minimum atomic E-state index is 0.549. The topological polar surface area (TPSA) is 63.8 Å². The van der Waals surface area contributed by atoms with Crippen molar-refractivity contribution in [3.05, 3.63) is 29.4 Å². The van der Waals surface area contributed by atoms with E-state index in [1.165, 1.54) is 12.8 Å². The summed E-state index contributed by atoms with van der Waals surface area (Å²) in [5.74, 6) is 1.18. The van der Waals surface area contributed by atoms with E-state index in [4.69, 9.17) is 4.42 Å². The van der Waals surface area contributed by atoms with Crippen molar-refractivity contribution in [3.63, 3.8) is 0 Å². The van der Waals surface area contributed by atoms with Crippen LogP contribution in [0.3, 0.4) is 0 Å². The van der Waals surface area contributed by atoms with E-state index in [1.807, 2.05) is 26.0 Å². The molecule has 0 amide bonds. The van der Waals surface area contributed by atoms with E-state index in [-0.39, 0.29) is 0 Å². The Bertz CT molecular complexity index is 560. The Morgan fingerprint density at radius 2 is 2.11 bits per heavy atom. The van der Waals surface area contributed by atoms with E-state index < -0.39 is 0 Å². The molecule has 0 aliphatic heterocycles. The van der Waals surface area contributed by atoms with Crippen LogP contribution in [-0.4, -0.2) is 21.2 Å². The summed E-state index contributed by atoms with van der Waals surface area (Å²) in [6.45, 7) is 4.57. The monoisotopic (exact) mass is 244 g/mol. The normalized spacial score (nSPS) is 15.0. The number of nitrogens with one attached hydrogen (secondary N) is 1. The molecule has 0 unspecified atom stereocenters. The van der Waals surface area contributed by atoms with Gasteiger partial charge in [-0.15, -0.1) is 10.2 Å². The standard InChI is InChI=1S/C13H16N4O/c1-8-3-6-11(9(2)15-8)13-17-16-12(18-13)7-14-10-4-5-10/h3,6,10,14H,4-5,7H2,1-2H3. The fraction of sp³-hybridized carbons (Fsp3) is 0.462. The number of aromatic nitrogens is 3. The first-order valence-corrected chi connectivity index (χ1v) is 6.23. The first kappa shape index (κ1) is 11.3. The molecule has 1 N–H and O–H groups in total. The zero-order valence-electron chi connectivity index (χ0n) is 10.6. The molecule has 1 fully saturated rings. The number of pyridine rings is 1. The molecule has 5 heteroatoms. The average Bonchev–Trinajstić information content (AvgIpc) is 3.05. The second-order valence-electron chi connectivity index (χ2n) is 4.74. The van der Waals surface area contributed by atoms with Gasteiger partial charge in [-0.05, 0) is 38.8 Å². The highest BCUT2D eigenvalue weighted by molar-refractivity contribution is 5.55. The Labute approximate surface area is 106 Å². The summed E-state index contributed by atoms with van der Waals surface area (Å²) in [5, 5.41) is 11.5. The van der Waals surface area contributed by atoms with Crippen LogP contribution in [0.2, 0.25) is 0 Å². The molecule has 2 heterocycles. The Balaban J connectivity index is 1.78. The zero-order valence-corrected chi connectivity index (χ0v) is 10.6. The molecule has 0 aromatic carbocycles. The quantitative estimate of drug-likeness (QED) is 0.891. The van der Waals surface area contributed by atoms with E-state index in [0.717, 1.165) is 17.0 Å². The number of hydrogen-bond acceptors (Lipinski definition) is 5. The summed E-state index contributed by atoms with van der Waals surface area (Å²) in [5.41, 5.74) is 2.82. The van der Waals surface area contributed by atoms with Gasteiger partial charge in [0.2, 0.25) is 11.8 Å². The molecule has 2 aromatic rings. The van der Waals surface area contributed by atoms with Crippen molar-refractivity contribution < 1.29 is 4.42 Å². The van der Waals surface area contributed by atoms with Crippen LogP contribution < -0.4 is 5.32 Å². The first-order valence-electron chi connectivity index (χ1n) is 6.23. The zero-order chi connectivity index (χ0) is 12.5. The third-order valence-electron chi connectivity index (χ3n) is 3.04. The molecule has 0 radical (unpaired) electrons. The molecule has 0 bridgehead atoms. The van der Waals surface area contributed by atoms with Crippen LogP contribution in [0.1, 0.15) is 30.1 Å². The van der Waals surface area contributed by atoms with Crippen molar-refractivity contribution in [2.75, 3.05) is 0 Å². The SMILES string of the molecule is Cc1ccc(-c2nnc(CNC3CC3)o2)c(C)n1. The van der Waals surface area contributed by atoms with Gasteiger partial charge in [-0.2, -0.15) is 0 Å². The predicted octanol–water partition coefficient (Wildman–Crippen LogP) is 2.00. The van der Waals surface area contributed by atoms with Crippen molar-refractivity contribution in [1.29, 1.82) is 0 Å². The van der Waals surface area contributed by atoms with E-state index in [1.54, 1.807) is 0 Å². The Morgan fingerprint density at radius 1 is 1.28 bits per heavy atom. The van der Waals surface area contributed by atoms with Gasteiger partial charge >= 0.3 is 0 Å².